The first-order chi connectivity index (χ1) is 8.74. The van der Waals surface area contributed by atoms with Gasteiger partial charge in [-0.3, -0.25) is 0 Å². The number of fused-ring (bicyclic) bond motifs is 1. The molecule has 1 aromatic rings. The molecule has 3 rings (SSSR count). The Balaban J connectivity index is 1.82. The van der Waals surface area contributed by atoms with Crippen molar-refractivity contribution in [2.45, 2.75) is 19.4 Å². The molecule has 0 N–H and O–H groups in total. The van der Waals surface area contributed by atoms with Crippen LogP contribution in [0.4, 0.5) is 5.82 Å². The Bertz CT molecular complexity index is 483. The fraction of sp³-hybridized carbons (Fsp3) is 0.538. The van der Waals surface area contributed by atoms with E-state index in [0.717, 1.165) is 42.4 Å². The van der Waals surface area contributed by atoms with Gasteiger partial charge in [0.1, 0.15) is 18.5 Å². The molecule has 2 aliphatic rings. The minimum atomic E-state index is 0.247. The van der Waals surface area contributed by atoms with Crippen LogP contribution < -0.4 is 4.90 Å². The van der Waals surface area contributed by atoms with Gasteiger partial charge in [-0.2, -0.15) is 0 Å². The molecule has 0 saturated carbocycles. The second-order valence-electron chi connectivity index (χ2n) is 4.78. The molecule has 96 valence electrons. The van der Waals surface area contributed by atoms with Crippen molar-refractivity contribution in [3.05, 3.63) is 23.4 Å². The van der Waals surface area contributed by atoms with Crippen molar-refractivity contribution in [1.29, 1.82) is 0 Å². The highest BCUT2D eigenvalue weighted by Crippen LogP contribution is 2.24. The van der Waals surface area contributed by atoms with E-state index in [4.69, 9.17) is 9.57 Å². The van der Waals surface area contributed by atoms with Crippen LogP contribution in [0.5, 0.6) is 0 Å². The number of aromatic nitrogens is 1. The fourth-order valence-corrected chi connectivity index (χ4v) is 2.03. The smallest absolute Gasteiger partial charge is 0.145 e. The van der Waals surface area contributed by atoms with Crippen molar-refractivity contribution in [2.75, 3.05) is 31.7 Å². The number of hydrogen-bond acceptors (Lipinski definition) is 5. The summed E-state index contributed by atoms with van der Waals surface area (Å²) in [6.07, 6.45) is 1.14. The lowest BCUT2D eigenvalue weighted by Crippen LogP contribution is -2.30. The molecule has 2 aliphatic heterocycles. The summed E-state index contributed by atoms with van der Waals surface area (Å²) in [6.45, 7) is 4.27. The van der Waals surface area contributed by atoms with E-state index in [2.05, 4.69) is 28.2 Å². The van der Waals surface area contributed by atoms with E-state index >= 15 is 0 Å². The molecular formula is C13H17N3O2. The van der Waals surface area contributed by atoms with Crippen molar-refractivity contribution >= 4 is 11.5 Å². The van der Waals surface area contributed by atoms with Crippen LogP contribution in [0.2, 0.25) is 0 Å². The van der Waals surface area contributed by atoms with Gasteiger partial charge in [0.2, 0.25) is 0 Å². The van der Waals surface area contributed by atoms with Crippen LogP contribution in [0, 0.1) is 6.92 Å². The third-order valence-electron chi connectivity index (χ3n) is 3.21. The normalized spacial score (nSPS) is 24.0. The zero-order valence-electron chi connectivity index (χ0n) is 10.7. The summed E-state index contributed by atoms with van der Waals surface area (Å²) >= 11 is 0. The molecule has 0 amide bonds. The van der Waals surface area contributed by atoms with Gasteiger partial charge in [-0.25, -0.2) is 4.98 Å². The topological polar surface area (TPSA) is 50.2 Å². The van der Waals surface area contributed by atoms with Crippen molar-refractivity contribution < 1.29 is 9.57 Å². The lowest BCUT2D eigenvalue weighted by Gasteiger charge is -2.27. The quantitative estimate of drug-likeness (QED) is 0.597. The van der Waals surface area contributed by atoms with E-state index in [1.54, 1.807) is 0 Å². The molecule has 0 aromatic carbocycles. The molecule has 18 heavy (non-hydrogen) atoms. The maximum absolute atomic E-state index is 5.34. The molecule has 5 nitrogen and oxygen atoms in total. The summed E-state index contributed by atoms with van der Waals surface area (Å²) in [7, 11) is 2.06. The Morgan fingerprint density at radius 2 is 2.39 bits per heavy atom. The first kappa shape index (κ1) is 11.5. The third-order valence-corrected chi connectivity index (χ3v) is 3.21. The second kappa shape index (κ2) is 4.57. The number of nitrogens with zero attached hydrogens (tertiary/aromatic N) is 3. The fourth-order valence-electron chi connectivity index (χ4n) is 2.03. The molecule has 0 bridgehead atoms. The van der Waals surface area contributed by atoms with Gasteiger partial charge in [-0.15, -0.1) is 0 Å². The number of pyridine rings is 1. The number of rotatable bonds is 3. The molecule has 0 spiro atoms. The molecule has 1 unspecified atom stereocenters. The van der Waals surface area contributed by atoms with E-state index in [1.807, 2.05) is 13.0 Å². The van der Waals surface area contributed by atoms with Crippen LogP contribution in [0.15, 0.2) is 17.3 Å². The number of hydrogen-bond donors (Lipinski definition) is 0. The van der Waals surface area contributed by atoms with Gasteiger partial charge in [0.25, 0.3) is 0 Å². The molecule has 1 atom stereocenters. The summed E-state index contributed by atoms with van der Waals surface area (Å²) in [5, 5.41) is 4.24. The highest BCUT2D eigenvalue weighted by Gasteiger charge is 2.24. The van der Waals surface area contributed by atoms with Crippen molar-refractivity contribution in [1.82, 2.24) is 4.98 Å². The van der Waals surface area contributed by atoms with Gasteiger partial charge >= 0.3 is 0 Å². The maximum Gasteiger partial charge on any atom is 0.145 e. The van der Waals surface area contributed by atoms with Crippen LogP contribution in [0.1, 0.15) is 17.7 Å². The highest BCUT2D eigenvalue weighted by atomic mass is 16.7. The number of oxime groups is 1. The van der Waals surface area contributed by atoms with Gasteiger partial charge in [-0.05, 0) is 19.1 Å². The van der Waals surface area contributed by atoms with Gasteiger partial charge in [0.15, 0.2) is 0 Å². The molecule has 3 heterocycles. The van der Waals surface area contributed by atoms with Crippen molar-refractivity contribution in [3.8, 4) is 0 Å². The number of epoxide rings is 1. The minimum absolute atomic E-state index is 0.247. The maximum atomic E-state index is 5.34. The summed E-state index contributed by atoms with van der Waals surface area (Å²) in [6, 6.07) is 4.08. The summed E-state index contributed by atoms with van der Waals surface area (Å²) in [4.78, 5) is 12.1. The van der Waals surface area contributed by atoms with Crippen LogP contribution in [0.25, 0.3) is 0 Å². The molecule has 1 saturated heterocycles. The Morgan fingerprint density at radius 3 is 3.17 bits per heavy atom. The first-order valence-electron chi connectivity index (χ1n) is 6.23. The number of aryl methyl sites for hydroxylation is 1. The standard InChI is InChI=1S/C13H17N3O2/c1-9-3-4-11-12(15-18-8-10-7-17-10)5-6-16(2)13(11)14-9/h3-4,10H,5-8H2,1-2H3/b15-12+. The highest BCUT2D eigenvalue weighted by molar-refractivity contribution is 6.05. The summed E-state index contributed by atoms with van der Waals surface area (Å²) in [5.41, 5.74) is 3.08. The largest absolute Gasteiger partial charge is 0.393 e. The third kappa shape index (κ3) is 2.31. The van der Waals surface area contributed by atoms with Gasteiger partial charge in [0.05, 0.1) is 12.3 Å². The van der Waals surface area contributed by atoms with Crippen LogP contribution in [-0.4, -0.2) is 43.6 Å². The lowest BCUT2D eigenvalue weighted by molar-refractivity contribution is 0.124. The second-order valence-corrected chi connectivity index (χ2v) is 4.78. The first-order valence-corrected chi connectivity index (χ1v) is 6.23. The Labute approximate surface area is 106 Å². The Morgan fingerprint density at radius 1 is 1.56 bits per heavy atom. The van der Waals surface area contributed by atoms with E-state index in [1.165, 1.54) is 0 Å². The Hall–Kier alpha value is -1.62. The predicted octanol–water partition coefficient (Wildman–Crippen LogP) is 1.35. The summed E-state index contributed by atoms with van der Waals surface area (Å²) in [5.74, 6) is 0.992. The van der Waals surface area contributed by atoms with E-state index in [-0.39, 0.29) is 6.10 Å². The molecule has 1 fully saturated rings. The predicted molar refractivity (Wildman–Crippen MR) is 69.1 cm³/mol. The molecule has 0 radical (unpaired) electrons. The average Bonchev–Trinajstić information content (AvgIpc) is 3.17. The zero-order chi connectivity index (χ0) is 12.5. The van der Waals surface area contributed by atoms with E-state index in [0.29, 0.717) is 6.61 Å². The Kier molecular flexibility index (Phi) is 2.91. The SMILES string of the molecule is Cc1ccc2c(n1)N(C)CC/C2=N\OCC1CO1. The number of ether oxygens (including phenoxy) is 1. The zero-order valence-corrected chi connectivity index (χ0v) is 10.7. The molecule has 1 aromatic heterocycles. The monoisotopic (exact) mass is 247 g/mol. The van der Waals surface area contributed by atoms with Gasteiger partial charge in [-0.1, -0.05) is 5.16 Å². The van der Waals surface area contributed by atoms with Gasteiger partial charge < -0.3 is 14.5 Å². The van der Waals surface area contributed by atoms with Gasteiger partial charge in [0, 0.05) is 31.3 Å². The summed E-state index contributed by atoms with van der Waals surface area (Å²) < 4.78 is 5.09. The van der Waals surface area contributed by atoms with Crippen LogP contribution in [0.3, 0.4) is 0 Å². The van der Waals surface area contributed by atoms with E-state index < -0.39 is 0 Å². The lowest BCUT2D eigenvalue weighted by atomic mass is 10.0. The number of anilines is 1. The molecule has 5 heteroatoms. The van der Waals surface area contributed by atoms with E-state index in [9.17, 15) is 0 Å². The van der Waals surface area contributed by atoms with Crippen LogP contribution in [-0.2, 0) is 9.57 Å². The van der Waals surface area contributed by atoms with Crippen LogP contribution >= 0.6 is 0 Å². The average molecular weight is 247 g/mol. The minimum Gasteiger partial charge on any atom is -0.393 e. The van der Waals surface area contributed by atoms with Crippen molar-refractivity contribution in [3.63, 3.8) is 0 Å². The van der Waals surface area contributed by atoms with Crippen molar-refractivity contribution in [2.24, 2.45) is 5.16 Å². The molecular weight excluding hydrogens is 230 g/mol. The molecule has 0 aliphatic carbocycles.